The zero-order valence-corrected chi connectivity index (χ0v) is 11.8. The van der Waals surface area contributed by atoms with E-state index >= 15 is 0 Å². The number of ether oxygens (including phenoxy) is 1. The van der Waals surface area contributed by atoms with Gasteiger partial charge in [0, 0.05) is 12.0 Å². The van der Waals surface area contributed by atoms with Gasteiger partial charge in [-0.25, -0.2) is 5.43 Å². The van der Waals surface area contributed by atoms with Gasteiger partial charge in [0.2, 0.25) is 0 Å². The van der Waals surface area contributed by atoms with Gasteiger partial charge < -0.3 is 4.74 Å². The summed E-state index contributed by atoms with van der Waals surface area (Å²) in [5.74, 6) is 1.00. The van der Waals surface area contributed by atoms with Gasteiger partial charge in [0.05, 0.1) is 12.6 Å². The van der Waals surface area contributed by atoms with Crippen LogP contribution >= 0.6 is 0 Å². The van der Waals surface area contributed by atoms with E-state index < -0.39 is 0 Å². The van der Waals surface area contributed by atoms with Crippen LogP contribution in [-0.4, -0.2) is 18.6 Å². The van der Waals surface area contributed by atoms with Crippen LogP contribution in [-0.2, 0) is 17.6 Å². The van der Waals surface area contributed by atoms with Crippen molar-refractivity contribution in [3.63, 3.8) is 0 Å². The summed E-state index contributed by atoms with van der Waals surface area (Å²) in [6, 6.07) is 6.56. The smallest absolute Gasteiger partial charge is 0.265 e. The van der Waals surface area contributed by atoms with Crippen LogP contribution in [0.5, 0.6) is 5.75 Å². The van der Waals surface area contributed by atoms with E-state index in [-0.39, 0.29) is 11.9 Å². The summed E-state index contributed by atoms with van der Waals surface area (Å²) >= 11 is 0. The number of rotatable bonds is 2. The summed E-state index contributed by atoms with van der Waals surface area (Å²) < 4.78 is 5.55. The second-order valence-corrected chi connectivity index (χ2v) is 5.75. The molecule has 1 saturated heterocycles. The number of amides is 1. The Morgan fingerprint density at radius 2 is 2.14 bits per heavy atom. The third-order valence-electron chi connectivity index (χ3n) is 4.36. The van der Waals surface area contributed by atoms with Crippen LogP contribution in [0.25, 0.3) is 0 Å². The monoisotopic (exact) mass is 282 g/mol. The second kappa shape index (κ2) is 5.04. The van der Waals surface area contributed by atoms with Gasteiger partial charge in [-0.1, -0.05) is 24.3 Å². The molecule has 1 unspecified atom stereocenters. The molecule has 0 bridgehead atoms. The van der Waals surface area contributed by atoms with Crippen molar-refractivity contribution in [2.75, 3.05) is 6.61 Å². The van der Waals surface area contributed by atoms with Crippen LogP contribution in [0.15, 0.2) is 41.5 Å². The number of hydrogen-bond acceptors (Lipinski definition) is 3. The molecule has 4 nitrogen and oxygen atoms in total. The lowest BCUT2D eigenvalue weighted by Crippen LogP contribution is -2.52. The number of carbonyl (C=O) groups is 1. The zero-order valence-electron chi connectivity index (χ0n) is 11.8. The molecule has 4 rings (SSSR count). The van der Waals surface area contributed by atoms with Gasteiger partial charge in [0.25, 0.3) is 5.91 Å². The fraction of sp³-hybridized carbons (Fsp3) is 0.353. The molecule has 1 fully saturated rings. The Labute approximate surface area is 123 Å². The maximum Gasteiger partial charge on any atom is 0.265 e. The van der Waals surface area contributed by atoms with Crippen LogP contribution in [0, 0.1) is 0 Å². The van der Waals surface area contributed by atoms with Crippen molar-refractivity contribution < 1.29 is 9.53 Å². The third-order valence-corrected chi connectivity index (χ3v) is 4.36. The molecule has 2 heterocycles. The number of nitrogens with one attached hydrogen (secondary N) is 2. The summed E-state index contributed by atoms with van der Waals surface area (Å²) in [4.78, 5) is 11.9. The van der Waals surface area contributed by atoms with Crippen LogP contribution in [0.3, 0.4) is 0 Å². The average molecular weight is 282 g/mol. The van der Waals surface area contributed by atoms with E-state index in [9.17, 15) is 4.79 Å². The molecule has 4 heteroatoms. The predicted molar refractivity (Wildman–Crippen MR) is 79.8 cm³/mol. The molecule has 1 aromatic carbocycles. The Hall–Kier alpha value is -2.07. The molecule has 0 spiro atoms. The molecule has 0 aromatic heterocycles. The highest BCUT2D eigenvalue weighted by Crippen LogP contribution is 2.29. The minimum absolute atomic E-state index is 0.0143. The van der Waals surface area contributed by atoms with E-state index in [1.54, 1.807) is 0 Å². The summed E-state index contributed by atoms with van der Waals surface area (Å²) in [5, 5.41) is 0. The van der Waals surface area contributed by atoms with Crippen LogP contribution in [0.1, 0.15) is 24.0 Å². The van der Waals surface area contributed by atoms with Crippen molar-refractivity contribution in [3.05, 3.63) is 52.6 Å². The molecule has 1 amide bonds. The normalized spacial score (nSPS) is 23.4. The Morgan fingerprint density at radius 3 is 3.10 bits per heavy atom. The molecule has 0 radical (unpaired) electrons. The fourth-order valence-electron chi connectivity index (χ4n) is 3.31. The van der Waals surface area contributed by atoms with E-state index in [4.69, 9.17) is 4.74 Å². The summed E-state index contributed by atoms with van der Waals surface area (Å²) in [7, 11) is 0. The van der Waals surface area contributed by atoms with Crippen molar-refractivity contribution in [3.8, 4) is 5.75 Å². The van der Waals surface area contributed by atoms with Crippen LogP contribution in [0.4, 0.5) is 0 Å². The summed E-state index contributed by atoms with van der Waals surface area (Å²) in [6.07, 6.45) is 8.08. The average Bonchev–Trinajstić information content (AvgIpc) is 2.98. The lowest BCUT2D eigenvalue weighted by molar-refractivity contribution is -0.119. The minimum atomic E-state index is -0.0143. The molecule has 108 valence electrons. The molecule has 3 aliphatic rings. The summed E-state index contributed by atoms with van der Waals surface area (Å²) in [6.45, 7) is 0.786. The number of hydrazine groups is 1. The first-order valence-corrected chi connectivity index (χ1v) is 7.52. The molecule has 1 aliphatic carbocycles. The first kappa shape index (κ1) is 12.7. The zero-order chi connectivity index (χ0) is 14.2. The van der Waals surface area contributed by atoms with Crippen molar-refractivity contribution in [2.45, 2.75) is 31.7 Å². The lowest BCUT2D eigenvalue weighted by Gasteiger charge is -2.31. The van der Waals surface area contributed by atoms with Crippen LogP contribution < -0.4 is 15.6 Å². The SMILES string of the molecule is O=C1NNC(Cc2ccc3c(c2)CCO3)C2=CCCC=C12. The van der Waals surface area contributed by atoms with Gasteiger partial charge in [0.15, 0.2) is 0 Å². The number of allylic oxidation sites excluding steroid dienone is 2. The van der Waals surface area contributed by atoms with E-state index in [1.807, 2.05) is 0 Å². The van der Waals surface area contributed by atoms with Gasteiger partial charge in [-0.2, -0.15) is 0 Å². The van der Waals surface area contributed by atoms with Crippen LogP contribution in [0.2, 0.25) is 0 Å². The largest absolute Gasteiger partial charge is 0.493 e. The Balaban J connectivity index is 1.58. The van der Waals surface area contributed by atoms with Crippen molar-refractivity contribution in [1.29, 1.82) is 0 Å². The Kier molecular flexibility index (Phi) is 3.04. The topological polar surface area (TPSA) is 50.4 Å². The Morgan fingerprint density at radius 1 is 1.24 bits per heavy atom. The summed E-state index contributed by atoms with van der Waals surface area (Å²) in [5.41, 5.74) is 10.5. The maximum absolute atomic E-state index is 11.9. The lowest BCUT2D eigenvalue weighted by atomic mass is 9.87. The highest BCUT2D eigenvalue weighted by atomic mass is 16.5. The predicted octanol–water partition coefficient (Wildman–Crippen LogP) is 1.81. The van der Waals surface area contributed by atoms with E-state index in [0.29, 0.717) is 0 Å². The molecule has 1 aromatic rings. The first-order chi connectivity index (χ1) is 10.3. The highest BCUT2D eigenvalue weighted by Gasteiger charge is 2.29. The van der Waals surface area contributed by atoms with E-state index in [0.717, 1.165) is 49.2 Å². The first-order valence-electron chi connectivity index (χ1n) is 7.52. The highest BCUT2D eigenvalue weighted by molar-refractivity contribution is 5.99. The fourth-order valence-corrected chi connectivity index (χ4v) is 3.31. The van der Waals surface area contributed by atoms with Gasteiger partial charge in [-0.05, 0) is 42.0 Å². The number of fused-ring (bicyclic) bond motifs is 2. The van der Waals surface area contributed by atoms with E-state index in [1.165, 1.54) is 11.1 Å². The standard InChI is InChI=1S/C17H18N2O2/c20-17-14-4-2-1-3-13(14)15(18-19-17)10-11-5-6-16-12(9-11)7-8-21-16/h3-6,9,15,18H,1-2,7-8,10H2,(H,19,20). The van der Waals surface area contributed by atoms with Gasteiger partial charge in [-0.3, -0.25) is 10.2 Å². The van der Waals surface area contributed by atoms with Gasteiger partial charge in [-0.15, -0.1) is 0 Å². The molecular weight excluding hydrogens is 264 g/mol. The molecule has 0 saturated carbocycles. The van der Waals surface area contributed by atoms with Crippen molar-refractivity contribution in [2.24, 2.45) is 0 Å². The number of hydrogen-bond donors (Lipinski definition) is 2. The maximum atomic E-state index is 11.9. The second-order valence-electron chi connectivity index (χ2n) is 5.75. The molecule has 2 aliphatic heterocycles. The quantitative estimate of drug-likeness (QED) is 0.870. The molecular formula is C17H18N2O2. The Bertz CT molecular complexity index is 661. The van der Waals surface area contributed by atoms with Crippen molar-refractivity contribution >= 4 is 5.91 Å². The third kappa shape index (κ3) is 2.25. The molecule has 2 N–H and O–H groups in total. The number of benzene rings is 1. The van der Waals surface area contributed by atoms with Gasteiger partial charge in [0.1, 0.15) is 5.75 Å². The minimum Gasteiger partial charge on any atom is -0.493 e. The van der Waals surface area contributed by atoms with Gasteiger partial charge >= 0.3 is 0 Å². The van der Waals surface area contributed by atoms with E-state index in [2.05, 4.69) is 41.2 Å². The molecule has 21 heavy (non-hydrogen) atoms. The number of carbonyl (C=O) groups excluding carboxylic acids is 1. The van der Waals surface area contributed by atoms with Crippen molar-refractivity contribution in [1.82, 2.24) is 10.9 Å². The molecule has 1 atom stereocenters.